The molecule has 0 aromatic carbocycles. The number of nitrogens with zero attached hydrogens (tertiary/aromatic N) is 1. The van der Waals surface area contributed by atoms with E-state index in [1.165, 1.54) is 36.4 Å². The summed E-state index contributed by atoms with van der Waals surface area (Å²) in [7, 11) is 0. The van der Waals surface area contributed by atoms with Crippen LogP contribution in [0.15, 0.2) is 5.38 Å². The molecule has 18 heavy (non-hydrogen) atoms. The summed E-state index contributed by atoms with van der Waals surface area (Å²) >= 11 is 3.24. The maximum absolute atomic E-state index is 10.7. The minimum absolute atomic E-state index is 0.178. The molecule has 0 radical (unpaired) electrons. The number of aromatic nitrogens is 1. The van der Waals surface area contributed by atoms with E-state index in [0.717, 1.165) is 10.9 Å². The van der Waals surface area contributed by atoms with E-state index in [4.69, 9.17) is 5.11 Å². The van der Waals surface area contributed by atoms with Crippen molar-refractivity contribution in [2.75, 3.05) is 5.75 Å². The normalized spacial score (nSPS) is 23.4. The van der Waals surface area contributed by atoms with Gasteiger partial charge in [0, 0.05) is 23.2 Å². The summed E-state index contributed by atoms with van der Waals surface area (Å²) in [6.07, 6.45) is 3.72. The van der Waals surface area contributed by atoms with Crippen molar-refractivity contribution in [3.63, 3.8) is 0 Å². The summed E-state index contributed by atoms with van der Waals surface area (Å²) < 4.78 is 0. The monoisotopic (exact) mass is 286 g/mol. The standard InChI is InChI=1S/C12H18N2O2S2/c1-2-17-10-4-3-8(5-10)13-6-9-7-18-11(14-9)12(15)16/h7-8,10,13H,2-6H2,1H3,(H,15,16). The van der Waals surface area contributed by atoms with E-state index in [2.05, 4.69) is 17.2 Å². The van der Waals surface area contributed by atoms with Crippen LogP contribution in [0.1, 0.15) is 41.7 Å². The fraction of sp³-hybridized carbons (Fsp3) is 0.667. The molecule has 0 aliphatic heterocycles. The van der Waals surface area contributed by atoms with Gasteiger partial charge in [0.25, 0.3) is 0 Å². The van der Waals surface area contributed by atoms with E-state index in [-0.39, 0.29) is 5.01 Å². The molecular weight excluding hydrogens is 268 g/mol. The number of carboxylic acid groups (broad SMARTS) is 1. The highest BCUT2D eigenvalue weighted by Gasteiger charge is 2.24. The maximum atomic E-state index is 10.7. The number of thioether (sulfide) groups is 1. The Balaban J connectivity index is 1.76. The van der Waals surface area contributed by atoms with Crippen molar-refractivity contribution >= 4 is 29.1 Å². The van der Waals surface area contributed by atoms with E-state index in [9.17, 15) is 4.79 Å². The summed E-state index contributed by atoms with van der Waals surface area (Å²) in [5, 5.41) is 15.1. The Morgan fingerprint density at radius 3 is 3.17 bits per heavy atom. The van der Waals surface area contributed by atoms with Crippen LogP contribution < -0.4 is 5.32 Å². The van der Waals surface area contributed by atoms with Crippen molar-refractivity contribution in [2.24, 2.45) is 0 Å². The number of carboxylic acids is 1. The second-order valence-electron chi connectivity index (χ2n) is 4.42. The van der Waals surface area contributed by atoms with Crippen molar-refractivity contribution in [1.82, 2.24) is 10.3 Å². The average Bonchev–Trinajstić information content (AvgIpc) is 2.95. The van der Waals surface area contributed by atoms with Gasteiger partial charge in [-0.1, -0.05) is 6.92 Å². The minimum Gasteiger partial charge on any atom is -0.476 e. The van der Waals surface area contributed by atoms with Gasteiger partial charge < -0.3 is 10.4 Å². The van der Waals surface area contributed by atoms with Crippen LogP contribution in [0.4, 0.5) is 0 Å². The number of aromatic carboxylic acids is 1. The fourth-order valence-electron chi connectivity index (χ4n) is 2.25. The van der Waals surface area contributed by atoms with Crippen molar-refractivity contribution in [2.45, 2.75) is 44.0 Å². The number of nitrogens with one attached hydrogen (secondary N) is 1. The van der Waals surface area contributed by atoms with Crippen LogP contribution in [-0.4, -0.2) is 33.1 Å². The maximum Gasteiger partial charge on any atom is 0.365 e. The third-order valence-corrected chi connectivity index (χ3v) is 5.21. The summed E-state index contributed by atoms with van der Waals surface area (Å²) in [5.41, 5.74) is 0.837. The number of hydrogen-bond acceptors (Lipinski definition) is 5. The van der Waals surface area contributed by atoms with Crippen LogP contribution in [0, 0.1) is 0 Å². The second-order valence-corrected chi connectivity index (χ2v) is 6.85. The highest BCUT2D eigenvalue weighted by atomic mass is 32.2. The molecule has 2 atom stereocenters. The molecule has 4 nitrogen and oxygen atoms in total. The van der Waals surface area contributed by atoms with Crippen molar-refractivity contribution < 1.29 is 9.90 Å². The van der Waals surface area contributed by atoms with Crippen LogP contribution in [-0.2, 0) is 6.54 Å². The Morgan fingerprint density at radius 2 is 2.50 bits per heavy atom. The molecule has 2 unspecified atom stereocenters. The number of carbonyl (C=O) groups is 1. The first-order valence-electron chi connectivity index (χ1n) is 6.21. The third-order valence-electron chi connectivity index (χ3n) is 3.09. The minimum atomic E-state index is -0.938. The van der Waals surface area contributed by atoms with E-state index >= 15 is 0 Å². The quantitative estimate of drug-likeness (QED) is 0.841. The van der Waals surface area contributed by atoms with Gasteiger partial charge >= 0.3 is 5.97 Å². The smallest absolute Gasteiger partial charge is 0.365 e. The van der Waals surface area contributed by atoms with Gasteiger partial charge in [-0.2, -0.15) is 11.8 Å². The lowest BCUT2D eigenvalue weighted by Gasteiger charge is -2.11. The molecule has 0 amide bonds. The van der Waals surface area contributed by atoms with Crippen LogP contribution in [0.25, 0.3) is 0 Å². The lowest BCUT2D eigenvalue weighted by atomic mass is 10.2. The molecular formula is C12H18N2O2S2. The Hall–Kier alpha value is -0.590. The second kappa shape index (κ2) is 6.54. The molecule has 2 N–H and O–H groups in total. The zero-order valence-corrected chi connectivity index (χ0v) is 12.0. The molecule has 1 heterocycles. The third kappa shape index (κ3) is 3.70. The zero-order valence-electron chi connectivity index (χ0n) is 10.4. The van der Waals surface area contributed by atoms with Gasteiger partial charge in [0.15, 0.2) is 0 Å². The van der Waals surface area contributed by atoms with Crippen LogP contribution >= 0.6 is 23.1 Å². The van der Waals surface area contributed by atoms with Gasteiger partial charge in [-0.15, -0.1) is 11.3 Å². The van der Waals surface area contributed by atoms with Crippen LogP contribution in [0.2, 0.25) is 0 Å². The predicted molar refractivity (Wildman–Crippen MR) is 75.5 cm³/mol. The van der Waals surface area contributed by atoms with E-state index in [0.29, 0.717) is 12.6 Å². The van der Waals surface area contributed by atoms with E-state index < -0.39 is 5.97 Å². The van der Waals surface area contributed by atoms with Gasteiger partial charge in [0.1, 0.15) is 0 Å². The Morgan fingerprint density at radius 1 is 1.67 bits per heavy atom. The first kappa shape index (κ1) is 13.8. The summed E-state index contributed by atoms with van der Waals surface area (Å²) in [6, 6.07) is 0.559. The lowest BCUT2D eigenvalue weighted by molar-refractivity contribution is 0.0696. The van der Waals surface area contributed by atoms with E-state index in [1.807, 2.05) is 17.1 Å². The van der Waals surface area contributed by atoms with Crippen LogP contribution in [0.3, 0.4) is 0 Å². The molecule has 2 rings (SSSR count). The fourth-order valence-corrected chi connectivity index (χ4v) is 4.04. The molecule has 1 aliphatic rings. The first-order chi connectivity index (χ1) is 8.69. The van der Waals surface area contributed by atoms with Crippen LogP contribution in [0.5, 0.6) is 0 Å². The molecule has 1 saturated carbocycles. The zero-order chi connectivity index (χ0) is 13.0. The summed E-state index contributed by atoms with van der Waals surface area (Å²) in [5.74, 6) is 0.248. The predicted octanol–water partition coefficient (Wildman–Crippen LogP) is 2.61. The van der Waals surface area contributed by atoms with Gasteiger partial charge in [-0.25, -0.2) is 9.78 Å². The molecule has 1 aromatic heterocycles. The van der Waals surface area contributed by atoms with E-state index in [1.54, 1.807) is 0 Å². The van der Waals surface area contributed by atoms with Crippen molar-refractivity contribution in [3.05, 3.63) is 16.1 Å². The molecule has 1 aromatic rings. The molecule has 100 valence electrons. The topological polar surface area (TPSA) is 62.2 Å². The van der Waals surface area contributed by atoms with Gasteiger partial charge in [-0.3, -0.25) is 0 Å². The Labute approximate surface area is 115 Å². The number of rotatable bonds is 6. The largest absolute Gasteiger partial charge is 0.476 e. The van der Waals surface area contributed by atoms with Crippen molar-refractivity contribution in [1.29, 1.82) is 0 Å². The summed E-state index contributed by atoms with van der Waals surface area (Å²) in [6.45, 7) is 2.88. The Bertz CT molecular complexity index is 409. The first-order valence-corrected chi connectivity index (χ1v) is 8.14. The molecule has 1 aliphatic carbocycles. The average molecular weight is 286 g/mol. The Kier molecular flexibility index (Phi) is 5.03. The SMILES string of the molecule is CCSC1CCC(NCc2csc(C(=O)O)n2)C1. The molecule has 0 spiro atoms. The van der Waals surface area contributed by atoms with Crippen molar-refractivity contribution in [3.8, 4) is 0 Å². The molecule has 0 saturated heterocycles. The highest BCUT2D eigenvalue weighted by Crippen LogP contribution is 2.29. The summed E-state index contributed by atoms with van der Waals surface area (Å²) in [4.78, 5) is 14.8. The number of hydrogen-bond donors (Lipinski definition) is 2. The van der Waals surface area contributed by atoms with Gasteiger partial charge in [0.2, 0.25) is 5.01 Å². The molecule has 0 bridgehead atoms. The number of thiazole rings is 1. The molecule has 1 fully saturated rings. The molecule has 6 heteroatoms. The van der Waals surface area contributed by atoms with Gasteiger partial charge in [-0.05, 0) is 25.0 Å². The van der Waals surface area contributed by atoms with Gasteiger partial charge in [0.05, 0.1) is 5.69 Å². The lowest BCUT2D eigenvalue weighted by Crippen LogP contribution is -2.26. The highest BCUT2D eigenvalue weighted by molar-refractivity contribution is 7.99.